The Morgan fingerprint density at radius 3 is 1.08 bits per heavy atom. The first-order chi connectivity index (χ1) is 5.21. The Kier molecular flexibility index (Phi) is 4.60. The maximum Gasteiger partial charge on any atom is 0.441 e. The summed E-state index contributed by atoms with van der Waals surface area (Å²) in [5.41, 5.74) is -8.88. The van der Waals surface area contributed by atoms with Gasteiger partial charge in [0.15, 0.2) is 0 Å². The Balaban J connectivity index is 3.35. The number of alkyl halides is 6. The van der Waals surface area contributed by atoms with E-state index in [1.807, 2.05) is 0 Å². The maximum absolute atomic E-state index is 11.3. The highest BCUT2D eigenvalue weighted by Gasteiger charge is 2.31. The predicted octanol–water partition coefficient (Wildman–Crippen LogP) is 3.49. The van der Waals surface area contributed by atoms with Crippen molar-refractivity contribution < 1.29 is 26.3 Å². The average Bonchev–Trinajstić information content (AvgIpc) is 1.76. The molecule has 0 nitrogen and oxygen atoms in total. The molecule has 0 aromatic carbocycles. The van der Waals surface area contributed by atoms with Crippen molar-refractivity contribution in [3.63, 3.8) is 0 Å². The topological polar surface area (TPSA) is 0 Å². The summed E-state index contributed by atoms with van der Waals surface area (Å²) in [6, 6.07) is 0. The highest BCUT2D eigenvalue weighted by molar-refractivity contribution is 8.03. The summed E-state index contributed by atoms with van der Waals surface area (Å²) in [7, 11) is 0. The number of halogens is 6. The summed E-state index contributed by atoms with van der Waals surface area (Å²) < 4.78 is 68.1. The molecule has 0 rings (SSSR count). The van der Waals surface area contributed by atoms with Gasteiger partial charge in [-0.1, -0.05) is 23.5 Å². The van der Waals surface area contributed by atoms with Crippen LogP contribution in [-0.2, 0) is 0 Å². The van der Waals surface area contributed by atoms with Crippen molar-refractivity contribution in [3.8, 4) is 0 Å². The molecule has 0 aliphatic rings. The van der Waals surface area contributed by atoms with Gasteiger partial charge in [0.1, 0.15) is 0 Å². The van der Waals surface area contributed by atoms with Crippen LogP contribution in [0.15, 0.2) is 0 Å². The fourth-order valence-corrected chi connectivity index (χ4v) is 1.44. The quantitative estimate of drug-likeness (QED) is 0.537. The van der Waals surface area contributed by atoms with Gasteiger partial charge in [-0.15, -0.1) is 0 Å². The molecule has 0 aromatic heterocycles. The molecule has 0 saturated carbocycles. The van der Waals surface area contributed by atoms with Crippen LogP contribution in [-0.4, -0.2) is 22.5 Å². The van der Waals surface area contributed by atoms with Crippen molar-refractivity contribution in [1.82, 2.24) is 0 Å². The smallest absolute Gasteiger partial charge is 0.160 e. The lowest BCUT2D eigenvalue weighted by Gasteiger charge is -2.06. The molecule has 0 heterocycles. The van der Waals surface area contributed by atoms with E-state index in [2.05, 4.69) is 0 Å². The molecule has 0 atom stereocenters. The second-order valence-electron chi connectivity index (χ2n) is 1.59. The van der Waals surface area contributed by atoms with Crippen LogP contribution in [0.25, 0.3) is 0 Å². The Labute approximate surface area is 73.1 Å². The largest absolute Gasteiger partial charge is 0.441 e. The van der Waals surface area contributed by atoms with Crippen molar-refractivity contribution >= 4 is 23.5 Å². The Morgan fingerprint density at radius 2 is 0.917 bits per heavy atom. The number of rotatable bonds is 3. The first-order valence-electron chi connectivity index (χ1n) is 2.62. The fraction of sp³-hybridized carbons (Fsp3) is 1.00. The third kappa shape index (κ3) is 10.3. The lowest BCUT2D eigenvalue weighted by Crippen LogP contribution is -2.06. The minimum atomic E-state index is -4.44. The molecular formula is C4H4F6S2. The molecule has 0 N–H and O–H groups in total. The summed E-state index contributed by atoms with van der Waals surface area (Å²) in [6.07, 6.45) is 0. The molecule has 0 aliphatic heterocycles. The fourth-order valence-electron chi connectivity index (χ4n) is 0.315. The van der Waals surface area contributed by atoms with Crippen LogP contribution in [0.2, 0.25) is 0 Å². The van der Waals surface area contributed by atoms with Crippen LogP contribution in [0, 0.1) is 0 Å². The van der Waals surface area contributed by atoms with E-state index in [1.54, 1.807) is 0 Å². The molecule has 0 bridgehead atoms. The normalized spacial score (nSPS) is 13.5. The van der Waals surface area contributed by atoms with Crippen molar-refractivity contribution in [2.45, 2.75) is 11.0 Å². The van der Waals surface area contributed by atoms with E-state index in [0.29, 0.717) is 0 Å². The zero-order chi connectivity index (χ0) is 9.83. The summed E-state index contributed by atoms with van der Waals surface area (Å²) in [5.74, 6) is -1.15. The van der Waals surface area contributed by atoms with Gasteiger partial charge in [0.05, 0.1) is 0 Å². The third-order valence-corrected chi connectivity index (χ3v) is 2.34. The summed E-state index contributed by atoms with van der Waals surface area (Å²) in [4.78, 5) is 0. The van der Waals surface area contributed by atoms with Crippen LogP contribution in [0.1, 0.15) is 0 Å². The highest BCUT2D eigenvalue weighted by Crippen LogP contribution is 2.34. The molecule has 0 aromatic rings. The highest BCUT2D eigenvalue weighted by atomic mass is 32.2. The second-order valence-corrected chi connectivity index (χ2v) is 3.91. The third-order valence-electron chi connectivity index (χ3n) is 0.615. The van der Waals surface area contributed by atoms with Crippen LogP contribution >= 0.6 is 23.5 Å². The van der Waals surface area contributed by atoms with Crippen LogP contribution < -0.4 is 0 Å². The van der Waals surface area contributed by atoms with Gasteiger partial charge in [0.25, 0.3) is 0 Å². The number of hydrogen-bond acceptors (Lipinski definition) is 2. The van der Waals surface area contributed by atoms with E-state index < -0.39 is 46.0 Å². The van der Waals surface area contributed by atoms with Gasteiger partial charge in [-0.2, -0.15) is 26.3 Å². The molecule has 12 heavy (non-hydrogen) atoms. The molecule has 0 spiro atoms. The van der Waals surface area contributed by atoms with Crippen LogP contribution in [0.4, 0.5) is 26.3 Å². The van der Waals surface area contributed by atoms with Gasteiger partial charge < -0.3 is 0 Å². The van der Waals surface area contributed by atoms with Crippen molar-refractivity contribution in [2.24, 2.45) is 0 Å². The molecule has 0 aliphatic carbocycles. The van der Waals surface area contributed by atoms with Crippen molar-refractivity contribution in [2.75, 3.05) is 11.5 Å². The van der Waals surface area contributed by atoms with E-state index >= 15 is 0 Å². The number of thioether (sulfide) groups is 2. The average molecular weight is 230 g/mol. The zero-order valence-corrected chi connectivity index (χ0v) is 7.13. The van der Waals surface area contributed by atoms with Gasteiger partial charge >= 0.3 is 11.0 Å². The lowest BCUT2D eigenvalue weighted by atomic mass is 11.0. The maximum atomic E-state index is 11.3. The van der Waals surface area contributed by atoms with E-state index in [-0.39, 0.29) is 0 Å². The molecular weight excluding hydrogens is 226 g/mol. The van der Waals surface area contributed by atoms with E-state index in [1.165, 1.54) is 0 Å². The minimum absolute atomic E-state index is 0.447. The van der Waals surface area contributed by atoms with Crippen LogP contribution in [0.5, 0.6) is 0 Å². The van der Waals surface area contributed by atoms with Crippen molar-refractivity contribution in [3.05, 3.63) is 0 Å². The molecule has 0 fully saturated rings. The second kappa shape index (κ2) is 4.50. The van der Waals surface area contributed by atoms with Crippen molar-refractivity contribution in [1.29, 1.82) is 0 Å². The standard InChI is InChI=1S/C4H4F6S2/c5-3(6,7)11-1-2-12-4(8,9)10/h1-2H2. The Bertz CT molecular complexity index is 110. The van der Waals surface area contributed by atoms with Gasteiger partial charge in [-0.3, -0.25) is 0 Å². The zero-order valence-electron chi connectivity index (χ0n) is 5.50. The van der Waals surface area contributed by atoms with Gasteiger partial charge in [-0.25, -0.2) is 0 Å². The van der Waals surface area contributed by atoms with E-state index in [4.69, 9.17) is 0 Å². The molecule has 8 heteroatoms. The van der Waals surface area contributed by atoms with Crippen LogP contribution in [0.3, 0.4) is 0 Å². The van der Waals surface area contributed by atoms with Gasteiger partial charge in [-0.05, 0) is 0 Å². The van der Waals surface area contributed by atoms with E-state index in [9.17, 15) is 26.3 Å². The SMILES string of the molecule is FC(F)(F)SCCSC(F)(F)F. The van der Waals surface area contributed by atoms with Gasteiger partial charge in [0, 0.05) is 11.5 Å². The summed E-state index contributed by atoms with van der Waals surface area (Å²) in [6.45, 7) is 0. The first kappa shape index (κ1) is 12.3. The Hall–Kier alpha value is 0.280. The molecule has 74 valence electrons. The molecule has 0 radical (unpaired) electrons. The summed E-state index contributed by atoms with van der Waals surface area (Å²) >= 11 is -0.893. The summed E-state index contributed by atoms with van der Waals surface area (Å²) in [5, 5.41) is 0. The molecule has 0 unspecified atom stereocenters. The molecule has 0 amide bonds. The van der Waals surface area contributed by atoms with E-state index in [0.717, 1.165) is 0 Å². The monoisotopic (exact) mass is 230 g/mol. The minimum Gasteiger partial charge on any atom is -0.160 e. The van der Waals surface area contributed by atoms with Gasteiger partial charge in [0.2, 0.25) is 0 Å². The Morgan fingerprint density at radius 1 is 0.667 bits per heavy atom. The molecule has 0 saturated heterocycles. The predicted molar refractivity (Wildman–Crippen MR) is 37.0 cm³/mol. The first-order valence-corrected chi connectivity index (χ1v) is 4.59. The number of hydrogen-bond donors (Lipinski definition) is 0. The lowest BCUT2D eigenvalue weighted by molar-refractivity contribution is -0.0344.